The molecule has 0 spiro atoms. The van der Waals surface area contributed by atoms with Crippen LogP contribution < -0.4 is 0 Å². The third kappa shape index (κ3) is 3.20. The van der Waals surface area contributed by atoms with Crippen molar-refractivity contribution in [1.29, 1.82) is 0 Å². The van der Waals surface area contributed by atoms with E-state index < -0.39 is 0 Å². The predicted octanol–water partition coefficient (Wildman–Crippen LogP) is 7.93. The fourth-order valence-corrected chi connectivity index (χ4v) is 4.62. The van der Waals surface area contributed by atoms with E-state index in [0.717, 1.165) is 33.3 Å². The van der Waals surface area contributed by atoms with Crippen molar-refractivity contribution in [2.45, 2.75) is 52.9 Å². The van der Waals surface area contributed by atoms with E-state index in [1.54, 1.807) is 0 Å². The highest BCUT2D eigenvalue weighted by Crippen LogP contribution is 2.38. The maximum atomic E-state index is 5.97. The zero-order valence-corrected chi connectivity index (χ0v) is 19.1. The molecule has 0 aliphatic carbocycles. The summed E-state index contributed by atoms with van der Waals surface area (Å²) >= 11 is 0. The first-order chi connectivity index (χ1) is 14.7. The van der Waals surface area contributed by atoms with E-state index in [-0.39, 0.29) is 5.41 Å². The molecule has 31 heavy (non-hydrogen) atoms. The summed E-state index contributed by atoms with van der Waals surface area (Å²) in [6.07, 6.45) is 1.92. The molecule has 3 nitrogen and oxygen atoms in total. The van der Waals surface area contributed by atoms with Crippen molar-refractivity contribution in [3.63, 3.8) is 0 Å². The smallest absolute Gasteiger partial charge is 0.192 e. The third-order valence-corrected chi connectivity index (χ3v) is 6.14. The van der Waals surface area contributed by atoms with Gasteiger partial charge in [-0.3, -0.25) is 4.98 Å². The zero-order valence-electron chi connectivity index (χ0n) is 19.1. The van der Waals surface area contributed by atoms with Gasteiger partial charge in [-0.2, -0.15) is 0 Å². The van der Waals surface area contributed by atoms with Gasteiger partial charge in [0.25, 0.3) is 0 Å². The van der Waals surface area contributed by atoms with Crippen LogP contribution in [0.15, 0.2) is 59.1 Å². The summed E-state index contributed by atoms with van der Waals surface area (Å²) in [5, 5.41) is 5.00. The molecular formula is C28H28N2O. The monoisotopic (exact) mass is 408 g/mol. The lowest BCUT2D eigenvalue weighted by atomic mass is 9.84. The molecule has 0 fully saturated rings. The minimum atomic E-state index is -0.0658. The van der Waals surface area contributed by atoms with Crippen LogP contribution in [0.5, 0.6) is 0 Å². The number of nitrogens with zero attached hydrogens (tertiary/aromatic N) is 2. The molecule has 0 unspecified atom stereocenters. The standard InChI is InChI=1S/C28H28N2O/c1-16(2)19-8-7-9-20-21(19)10-11-23-22(20)12-13-29-26(23)18-14-24(28(4,5)6)27-25(15-18)30-17(3)31-27/h7-16H,1-6H3. The Balaban J connectivity index is 1.83. The Labute approximate surface area is 183 Å². The van der Waals surface area contributed by atoms with Crippen molar-refractivity contribution in [3.05, 3.63) is 71.7 Å². The number of pyridine rings is 1. The average Bonchev–Trinajstić information content (AvgIpc) is 3.10. The molecular weight excluding hydrogens is 380 g/mol. The van der Waals surface area contributed by atoms with Gasteiger partial charge in [-0.25, -0.2) is 4.98 Å². The van der Waals surface area contributed by atoms with Crippen molar-refractivity contribution in [1.82, 2.24) is 9.97 Å². The van der Waals surface area contributed by atoms with Gasteiger partial charge in [-0.1, -0.05) is 65.0 Å². The van der Waals surface area contributed by atoms with Crippen LogP contribution in [-0.4, -0.2) is 9.97 Å². The largest absolute Gasteiger partial charge is 0.441 e. The van der Waals surface area contributed by atoms with Crippen LogP contribution in [0.1, 0.15) is 57.6 Å². The molecule has 0 amide bonds. The van der Waals surface area contributed by atoms with Gasteiger partial charge in [0.15, 0.2) is 11.5 Å². The van der Waals surface area contributed by atoms with Crippen molar-refractivity contribution in [2.75, 3.05) is 0 Å². The number of hydrogen-bond acceptors (Lipinski definition) is 3. The second-order valence-corrected chi connectivity index (χ2v) is 9.77. The van der Waals surface area contributed by atoms with Gasteiger partial charge in [0.2, 0.25) is 0 Å². The van der Waals surface area contributed by atoms with Crippen molar-refractivity contribution >= 4 is 32.6 Å². The van der Waals surface area contributed by atoms with E-state index in [2.05, 4.69) is 88.1 Å². The maximum absolute atomic E-state index is 5.97. The van der Waals surface area contributed by atoms with Gasteiger partial charge >= 0.3 is 0 Å². The molecule has 156 valence electrons. The zero-order chi connectivity index (χ0) is 21.9. The third-order valence-electron chi connectivity index (χ3n) is 6.14. The van der Waals surface area contributed by atoms with Crippen LogP contribution in [-0.2, 0) is 5.41 Å². The quantitative estimate of drug-likeness (QED) is 0.278. The van der Waals surface area contributed by atoms with E-state index in [9.17, 15) is 0 Å². The number of rotatable bonds is 2. The highest BCUT2D eigenvalue weighted by atomic mass is 16.3. The molecule has 3 heteroatoms. The van der Waals surface area contributed by atoms with E-state index >= 15 is 0 Å². The first-order valence-electron chi connectivity index (χ1n) is 11.0. The Hall–Kier alpha value is -3.20. The van der Waals surface area contributed by atoms with E-state index in [0.29, 0.717) is 11.8 Å². The van der Waals surface area contributed by atoms with Gasteiger partial charge in [-0.05, 0) is 51.3 Å². The Kier molecular flexibility index (Phi) is 4.40. The molecule has 0 radical (unpaired) electrons. The molecule has 0 N–H and O–H groups in total. The molecule has 5 aromatic rings. The lowest BCUT2D eigenvalue weighted by molar-refractivity contribution is 0.533. The molecule has 0 aliphatic heterocycles. The van der Waals surface area contributed by atoms with Gasteiger partial charge in [0.1, 0.15) is 5.52 Å². The maximum Gasteiger partial charge on any atom is 0.192 e. The lowest BCUT2D eigenvalue weighted by Gasteiger charge is -2.20. The predicted molar refractivity (Wildman–Crippen MR) is 130 cm³/mol. The first-order valence-corrected chi connectivity index (χ1v) is 11.0. The molecule has 0 saturated carbocycles. The van der Waals surface area contributed by atoms with Crippen molar-refractivity contribution in [3.8, 4) is 11.3 Å². The van der Waals surface area contributed by atoms with Gasteiger partial charge < -0.3 is 4.42 Å². The topological polar surface area (TPSA) is 38.9 Å². The Morgan fingerprint density at radius 1 is 0.871 bits per heavy atom. The molecule has 3 aromatic carbocycles. The van der Waals surface area contributed by atoms with Crippen molar-refractivity contribution in [2.24, 2.45) is 0 Å². The number of oxazole rings is 1. The Morgan fingerprint density at radius 3 is 2.35 bits per heavy atom. The minimum absolute atomic E-state index is 0.0658. The SMILES string of the molecule is Cc1nc2cc(-c3nccc4c3ccc3c(C(C)C)cccc34)cc(C(C)(C)C)c2o1. The number of benzene rings is 3. The Morgan fingerprint density at radius 2 is 1.61 bits per heavy atom. The summed E-state index contributed by atoms with van der Waals surface area (Å²) in [7, 11) is 0. The number of fused-ring (bicyclic) bond motifs is 4. The van der Waals surface area contributed by atoms with Gasteiger partial charge in [0, 0.05) is 29.6 Å². The van der Waals surface area contributed by atoms with Crippen LogP contribution in [0.4, 0.5) is 0 Å². The van der Waals surface area contributed by atoms with Gasteiger partial charge in [0.05, 0.1) is 5.69 Å². The molecule has 0 aliphatic rings. The molecule has 2 aromatic heterocycles. The summed E-state index contributed by atoms with van der Waals surface area (Å²) < 4.78 is 5.97. The van der Waals surface area contributed by atoms with Crippen LogP contribution >= 0.6 is 0 Å². The second-order valence-electron chi connectivity index (χ2n) is 9.77. The van der Waals surface area contributed by atoms with E-state index in [4.69, 9.17) is 9.40 Å². The summed E-state index contributed by atoms with van der Waals surface area (Å²) in [4.78, 5) is 9.46. The fourth-order valence-electron chi connectivity index (χ4n) is 4.62. The Bertz CT molecular complexity index is 1450. The second kappa shape index (κ2) is 6.91. The molecule has 5 rings (SSSR count). The highest BCUT2D eigenvalue weighted by Gasteiger charge is 2.23. The number of aryl methyl sites for hydroxylation is 1. The lowest BCUT2D eigenvalue weighted by Crippen LogP contribution is -2.11. The number of aromatic nitrogens is 2. The number of hydrogen-bond donors (Lipinski definition) is 0. The summed E-state index contributed by atoms with van der Waals surface area (Å²) in [5.41, 5.74) is 6.30. The van der Waals surface area contributed by atoms with Crippen LogP contribution in [0.2, 0.25) is 0 Å². The molecule has 2 heterocycles. The average molecular weight is 409 g/mol. The molecule has 0 bridgehead atoms. The van der Waals surface area contributed by atoms with E-state index in [1.165, 1.54) is 21.7 Å². The van der Waals surface area contributed by atoms with Crippen LogP contribution in [0.25, 0.3) is 43.9 Å². The molecule has 0 atom stereocenters. The summed E-state index contributed by atoms with van der Waals surface area (Å²) in [6.45, 7) is 13.0. The highest BCUT2D eigenvalue weighted by molar-refractivity contribution is 6.12. The van der Waals surface area contributed by atoms with Crippen LogP contribution in [0.3, 0.4) is 0 Å². The summed E-state index contributed by atoms with van der Waals surface area (Å²) in [6, 6.07) is 17.6. The van der Waals surface area contributed by atoms with Crippen molar-refractivity contribution < 1.29 is 4.42 Å². The molecule has 0 saturated heterocycles. The van der Waals surface area contributed by atoms with Crippen LogP contribution in [0, 0.1) is 6.92 Å². The van der Waals surface area contributed by atoms with Gasteiger partial charge in [-0.15, -0.1) is 0 Å². The summed E-state index contributed by atoms with van der Waals surface area (Å²) in [5.74, 6) is 1.17. The minimum Gasteiger partial charge on any atom is -0.441 e. The normalized spacial score (nSPS) is 12.5. The first kappa shape index (κ1) is 19.7. The van der Waals surface area contributed by atoms with E-state index in [1.807, 2.05) is 13.1 Å². The fraction of sp³-hybridized carbons (Fsp3) is 0.286.